The van der Waals surface area contributed by atoms with Gasteiger partial charge in [0.1, 0.15) is 37.0 Å². The highest BCUT2D eigenvalue weighted by molar-refractivity contribution is 7.98. The summed E-state index contributed by atoms with van der Waals surface area (Å²) in [5, 5.41) is 26.6. The summed E-state index contributed by atoms with van der Waals surface area (Å²) >= 11 is 7.80. The molecule has 324 valence electrons. The maximum atomic E-state index is 14.7. The molecule has 0 saturated heterocycles. The SMILES string of the molecule is C=CCO[C@@]12Oc3ccc(Oc4ccc(SC)cc4)cc3[C@H]3[C@H](CCCCO)[C@@H](CCCCO)C=C(C(=NOC)C[C@@H]1N(Cc1cccc4ccccc14)C(=O)OCCCl)[C@H]32. The molecule has 0 bridgehead atoms. The van der Waals surface area contributed by atoms with Crippen molar-refractivity contribution >= 4 is 45.9 Å². The average Bonchev–Trinajstić information content (AvgIpc) is 3.28. The van der Waals surface area contributed by atoms with Gasteiger partial charge >= 0.3 is 6.09 Å². The van der Waals surface area contributed by atoms with Crippen LogP contribution in [0.5, 0.6) is 17.2 Å². The Balaban J connectivity index is 1.45. The predicted octanol–water partition coefficient (Wildman–Crippen LogP) is 10.5. The van der Waals surface area contributed by atoms with Crippen molar-refractivity contribution in [3.63, 3.8) is 0 Å². The number of aliphatic hydroxyl groups is 2. The van der Waals surface area contributed by atoms with E-state index in [2.05, 4.69) is 36.9 Å². The van der Waals surface area contributed by atoms with Gasteiger partial charge in [0.05, 0.1) is 30.7 Å². The highest BCUT2D eigenvalue weighted by atomic mass is 35.5. The van der Waals surface area contributed by atoms with E-state index >= 15 is 0 Å². The Morgan fingerprint density at radius 2 is 1.75 bits per heavy atom. The first-order valence-corrected chi connectivity index (χ1v) is 23.0. The van der Waals surface area contributed by atoms with Gasteiger partial charge in [-0.25, -0.2) is 4.79 Å². The van der Waals surface area contributed by atoms with Crippen LogP contribution in [0.2, 0.25) is 0 Å². The fraction of sp³-hybridized carbons (Fsp3) is 0.429. The standard InChI is InChI=1S/C49H57ClN2O8S/c1-4-27-58-49-45(52(48(55)57-28-24-50)32-35-15-11-14-33-12-5-6-16-39(33)35)31-43(51-56-2)41-29-34(13-7-9-25-53)40(17-8-10-26-54)46(47(41)49)42-30-37(20-23-44(42)60-49)59-36-18-21-38(61-3)22-19-36/h4-6,11-12,14-16,18-23,29-30,34,40,45-47,53-54H,1,7-10,13,17,24-28,31-32H2,2-3H3/t34-,40+,45-,46+,47+,49+/m0/s1. The van der Waals surface area contributed by atoms with Gasteiger partial charge in [0, 0.05) is 36.0 Å². The van der Waals surface area contributed by atoms with E-state index < -0.39 is 23.8 Å². The molecule has 1 aliphatic heterocycles. The van der Waals surface area contributed by atoms with Gasteiger partial charge in [-0.1, -0.05) is 72.6 Å². The van der Waals surface area contributed by atoms with E-state index in [1.807, 2.05) is 66.9 Å². The number of alkyl halides is 1. The number of allylic oxidation sites excluding steroid dienone is 1. The molecular formula is C49H57ClN2O8S. The Hall–Kier alpha value is -4.52. The van der Waals surface area contributed by atoms with Crippen LogP contribution in [0.25, 0.3) is 10.8 Å². The van der Waals surface area contributed by atoms with Crippen molar-refractivity contribution in [3.8, 4) is 17.2 Å². The number of oxime groups is 1. The second-order valence-corrected chi connectivity index (χ2v) is 17.1. The number of carbonyl (C=O) groups is 1. The second kappa shape index (κ2) is 21.0. The number of amides is 1. The fourth-order valence-corrected chi connectivity index (χ4v) is 10.2. The zero-order chi connectivity index (χ0) is 42.8. The third-order valence-electron chi connectivity index (χ3n) is 12.3. The number of aliphatic hydroxyl groups excluding tert-OH is 2. The largest absolute Gasteiger partial charge is 0.459 e. The lowest BCUT2D eigenvalue weighted by molar-refractivity contribution is -0.256. The number of halogens is 1. The summed E-state index contributed by atoms with van der Waals surface area (Å²) in [5.41, 5.74) is 3.54. The number of hydrogen-bond donors (Lipinski definition) is 2. The Morgan fingerprint density at radius 3 is 2.49 bits per heavy atom. The first-order valence-electron chi connectivity index (χ1n) is 21.3. The molecule has 10 nitrogen and oxygen atoms in total. The predicted molar refractivity (Wildman–Crippen MR) is 242 cm³/mol. The van der Waals surface area contributed by atoms with E-state index in [9.17, 15) is 15.0 Å². The number of carbonyl (C=O) groups excluding carboxylic acids is 1. The molecule has 0 spiro atoms. The number of unbranched alkanes of at least 4 members (excludes halogenated alkanes) is 2. The molecule has 0 unspecified atom stereocenters. The van der Waals surface area contributed by atoms with Crippen LogP contribution in [-0.2, 0) is 20.9 Å². The number of ether oxygens (including phenoxy) is 4. The Kier molecular flexibility index (Phi) is 15.4. The number of rotatable bonds is 20. The van der Waals surface area contributed by atoms with Crippen LogP contribution in [-0.4, -0.2) is 84.4 Å². The van der Waals surface area contributed by atoms with E-state index in [1.54, 1.807) is 29.8 Å². The summed E-state index contributed by atoms with van der Waals surface area (Å²) < 4.78 is 26.9. The summed E-state index contributed by atoms with van der Waals surface area (Å²) in [4.78, 5) is 23.1. The van der Waals surface area contributed by atoms with Crippen LogP contribution in [0.1, 0.15) is 62.0 Å². The van der Waals surface area contributed by atoms with Gasteiger partial charge in [0.2, 0.25) is 5.79 Å². The molecule has 4 aromatic carbocycles. The van der Waals surface area contributed by atoms with Gasteiger partial charge in [-0.2, -0.15) is 0 Å². The van der Waals surface area contributed by atoms with E-state index in [4.69, 9.17) is 40.5 Å². The number of benzene rings is 4. The Bertz CT molecular complexity index is 2180. The molecule has 2 aliphatic carbocycles. The third kappa shape index (κ3) is 9.61. The van der Waals surface area contributed by atoms with Gasteiger partial charge in [-0.3, -0.25) is 4.90 Å². The average molecular weight is 870 g/mol. The molecule has 0 radical (unpaired) electrons. The molecular weight excluding hydrogens is 812 g/mol. The van der Waals surface area contributed by atoms with Crippen molar-refractivity contribution in [1.82, 2.24) is 4.90 Å². The zero-order valence-electron chi connectivity index (χ0n) is 35.0. The maximum Gasteiger partial charge on any atom is 0.410 e. The molecule has 1 fully saturated rings. The smallest absolute Gasteiger partial charge is 0.410 e. The van der Waals surface area contributed by atoms with Gasteiger partial charge in [-0.15, -0.1) is 29.9 Å². The van der Waals surface area contributed by atoms with Crippen LogP contribution in [0, 0.1) is 17.8 Å². The van der Waals surface area contributed by atoms with Crippen LogP contribution < -0.4 is 9.47 Å². The lowest BCUT2D eigenvalue weighted by atomic mass is 9.55. The van der Waals surface area contributed by atoms with Crippen LogP contribution >= 0.6 is 23.4 Å². The summed E-state index contributed by atoms with van der Waals surface area (Å²) in [5.74, 6) is 0.161. The molecule has 1 amide bonds. The molecule has 6 atom stereocenters. The minimum absolute atomic E-state index is 0.0187. The molecule has 3 aliphatic rings. The van der Waals surface area contributed by atoms with Crippen LogP contribution in [0.3, 0.4) is 0 Å². The molecule has 61 heavy (non-hydrogen) atoms. The topological polar surface area (TPSA) is 119 Å². The quantitative estimate of drug-likeness (QED) is 0.0294. The minimum atomic E-state index is -1.45. The van der Waals surface area contributed by atoms with Crippen molar-refractivity contribution in [3.05, 3.63) is 120 Å². The molecule has 4 aromatic rings. The van der Waals surface area contributed by atoms with Crippen LogP contribution in [0.4, 0.5) is 4.79 Å². The maximum absolute atomic E-state index is 14.7. The fourth-order valence-electron chi connectivity index (χ4n) is 9.73. The monoisotopic (exact) mass is 868 g/mol. The van der Waals surface area contributed by atoms with Gasteiger partial charge in [0.15, 0.2) is 0 Å². The lowest BCUT2D eigenvalue weighted by Gasteiger charge is -2.59. The third-order valence-corrected chi connectivity index (χ3v) is 13.2. The number of nitrogens with zero attached hydrogens (tertiary/aromatic N) is 2. The zero-order valence-corrected chi connectivity index (χ0v) is 36.6. The lowest BCUT2D eigenvalue weighted by Crippen LogP contribution is -2.70. The molecule has 0 aromatic heterocycles. The van der Waals surface area contributed by atoms with Gasteiger partial charge in [-0.05, 0) is 108 Å². The highest BCUT2D eigenvalue weighted by Gasteiger charge is 2.65. The van der Waals surface area contributed by atoms with E-state index in [0.29, 0.717) is 30.1 Å². The molecule has 7 rings (SSSR count). The van der Waals surface area contributed by atoms with Crippen molar-refractivity contribution in [2.75, 3.05) is 45.7 Å². The van der Waals surface area contributed by atoms with Crippen molar-refractivity contribution in [2.24, 2.45) is 22.9 Å². The second-order valence-electron chi connectivity index (χ2n) is 15.8. The summed E-state index contributed by atoms with van der Waals surface area (Å²) in [6.07, 6.45) is 10.4. The van der Waals surface area contributed by atoms with Crippen LogP contribution in [0.15, 0.2) is 119 Å². The Labute approximate surface area is 368 Å². The molecule has 1 saturated carbocycles. The molecule has 12 heteroatoms. The van der Waals surface area contributed by atoms with E-state index in [1.165, 1.54) is 0 Å². The summed E-state index contributed by atoms with van der Waals surface area (Å²) in [6, 6.07) is 27.4. The first kappa shape index (κ1) is 44.5. The highest BCUT2D eigenvalue weighted by Crippen LogP contribution is 2.62. The summed E-state index contributed by atoms with van der Waals surface area (Å²) in [7, 11) is 1.54. The first-order chi connectivity index (χ1) is 29.9. The van der Waals surface area contributed by atoms with Crippen molar-refractivity contribution < 1.29 is 38.8 Å². The van der Waals surface area contributed by atoms with Gasteiger partial charge < -0.3 is 34.0 Å². The molecule has 2 N–H and O–H groups in total. The number of hydrogen-bond acceptors (Lipinski definition) is 10. The van der Waals surface area contributed by atoms with E-state index in [-0.39, 0.29) is 63.0 Å². The van der Waals surface area contributed by atoms with E-state index in [0.717, 1.165) is 63.8 Å². The number of fused-ring (bicyclic) bond motifs is 3. The molecule has 1 heterocycles. The Morgan fingerprint density at radius 1 is 1.00 bits per heavy atom. The van der Waals surface area contributed by atoms with Gasteiger partial charge in [0.25, 0.3) is 0 Å². The van der Waals surface area contributed by atoms with Crippen molar-refractivity contribution in [2.45, 2.75) is 74.1 Å². The minimum Gasteiger partial charge on any atom is -0.459 e. The van der Waals surface area contributed by atoms with Crippen molar-refractivity contribution in [1.29, 1.82) is 0 Å². The normalized spacial score (nSPS) is 23.3. The number of thioether (sulfide) groups is 1. The summed E-state index contributed by atoms with van der Waals surface area (Å²) in [6.45, 7) is 4.60.